The monoisotopic (exact) mass is 479 g/mol. The maximum Gasteiger partial charge on any atom is 0.163 e. The molecule has 0 bridgehead atoms. The summed E-state index contributed by atoms with van der Waals surface area (Å²) in [5, 5.41) is 4.08. The molecule has 8 nitrogen and oxygen atoms in total. The first-order valence-electron chi connectivity index (χ1n) is 11.0. The summed E-state index contributed by atoms with van der Waals surface area (Å²) in [5.41, 5.74) is 1.50. The molecule has 0 fully saturated rings. The van der Waals surface area contributed by atoms with Crippen LogP contribution in [0.2, 0.25) is 0 Å². The predicted molar refractivity (Wildman–Crippen MR) is 130 cm³/mol. The number of hydrogen-bond acceptors (Lipinski definition) is 8. The number of rotatable bonds is 12. The maximum atomic E-state index is 13.1. The molecule has 4 aromatic rings. The van der Waals surface area contributed by atoms with Crippen molar-refractivity contribution in [3.63, 3.8) is 0 Å². The van der Waals surface area contributed by atoms with E-state index in [1.54, 1.807) is 26.4 Å². The Labute approximate surface area is 202 Å². The Hall–Kier alpha value is -3.95. The molecule has 1 heterocycles. The van der Waals surface area contributed by atoms with Crippen molar-refractivity contribution in [3.05, 3.63) is 72.8 Å². The number of nitrogens with one attached hydrogen (secondary N) is 1. The van der Waals surface area contributed by atoms with Gasteiger partial charge in [0.05, 0.1) is 18.7 Å². The first-order valence-corrected chi connectivity index (χ1v) is 11.0. The van der Waals surface area contributed by atoms with Gasteiger partial charge in [0, 0.05) is 31.4 Å². The predicted octanol–water partition coefficient (Wildman–Crippen LogP) is 5.36. The number of hydrogen-bond donors (Lipinski definition) is 1. The number of ether oxygens (including phenoxy) is 5. The summed E-state index contributed by atoms with van der Waals surface area (Å²) in [6.07, 6.45) is 1.49. The molecule has 3 aromatic carbocycles. The van der Waals surface area contributed by atoms with Gasteiger partial charge in [-0.1, -0.05) is 0 Å². The molecule has 0 aliphatic carbocycles. The van der Waals surface area contributed by atoms with Gasteiger partial charge in [0.15, 0.2) is 11.5 Å². The fourth-order valence-corrected chi connectivity index (χ4v) is 3.24. The summed E-state index contributed by atoms with van der Waals surface area (Å²) in [4.78, 5) is 8.80. The Morgan fingerprint density at radius 1 is 0.743 bits per heavy atom. The fourth-order valence-electron chi connectivity index (χ4n) is 3.24. The van der Waals surface area contributed by atoms with Gasteiger partial charge >= 0.3 is 0 Å². The molecule has 0 saturated heterocycles. The number of halogens is 1. The number of nitrogens with zero attached hydrogens (tertiary/aromatic N) is 2. The van der Waals surface area contributed by atoms with Crippen LogP contribution in [-0.4, -0.2) is 50.6 Å². The van der Waals surface area contributed by atoms with Crippen LogP contribution in [0.3, 0.4) is 0 Å². The molecule has 4 rings (SSSR count). The minimum atomic E-state index is -0.310. The van der Waals surface area contributed by atoms with E-state index in [-0.39, 0.29) is 5.82 Å². The summed E-state index contributed by atoms with van der Waals surface area (Å²) < 4.78 is 40.7. The normalized spacial score (nSPS) is 10.8. The van der Waals surface area contributed by atoms with Crippen LogP contribution in [0.15, 0.2) is 67.0 Å². The largest absolute Gasteiger partial charge is 0.487 e. The van der Waals surface area contributed by atoms with Gasteiger partial charge in [-0.05, 0) is 54.6 Å². The maximum absolute atomic E-state index is 13.1. The first kappa shape index (κ1) is 24.2. The first-order chi connectivity index (χ1) is 17.2. The SMILES string of the molecule is COCCOc1cc2ncnc(Nc3ccc(Oc4ccc(F)cc4)cc3)c2cc1OCCOC. The third-order valence-electron chi connectivity index (χ3n) is 4.96. The average Bonchev–Trinajstić information content (AvgIpc) is 2.87. The Morgan fingerprint density at radius 2 is 1.34 bits per heavy atom. The summed E-state index contributed by atoms with van der Waals surface area (Å²) in [6.45, 7) is 1.64. The van der Waals surface area contributed by atoms with Crippen LogP contribution in [0.25, 0.3) is 10.9 Å². The van der Waals surface area contributed by atoms with Crippen molar-refractivity contribution in [2.24, 2.45) is 0 Å². The lowest BCUT2D eigenvalue weighted by molar-refractivity contribution is 0.132. The minimum absolute atomic E-state index is 0.310. The quantitative estimate of drug-likeness (QED) is 0.272. The van der Waals surface area contributed by atoms with Gasteiger partial charge in [-0.25, -0.2) is 14.4 Å². The van der Waals surface area contributed by atoms with E-state index in [9.17, 15) is 4.39 Å². The molecule has 0 aliphatic rings. The summed E-state index contributed by atoms with van der Waals surface area (Å²) in [5.74, 6) is 2.61. The van der Waals surface area contributed by atoms with Crippen LogP contribution in [0.5, 0.6) is 23.0 Å². The van der Waals surface area contributed by atoms with E-state index in [1.165, 1.54) is 18.5 Å². The molecule has 35 heavy (non-hydrogen) atoms. The lowest BCUT2D eigenvalue weighted by atomic mass is 10.2. The summed E-state index contributed by atoms with van der Waals surface area (Å²) in [6, 6.07) is 16.9. The van der Waals surface area contributed by atoms with Gasteiger partial charge in [0.2, 0.25) is 0 Å². The zero-order valence-electron chi connectivity index (χ0n) is 19.5. The van der Waals surface area contributed by atoms with Crippen molar-refractivity contribution in [2.75, 3.05) is 46.0 Å². The van der Waals surface area contributed by atoms with Crippen molar-refractivity contribution < 1.29 is 28.1 Å². The third kappa shape index (κ3) is 6.56. The second-order valence-corrected chi connectivity index (χ2v) is 7.43. The van der Waals surface area contributed by atoms with Crippen LogP contribution in [0.1, 0.15) is 0 Å². The molecule has 0 atom stereocenters. The second-order valence-electron chi connectivity index (χ2n) is 7.43. The Kier molecular flexibility index (Phi) is 8.26. The van der Waals surface area contributed by atoms with E-state index >= 15 is 0 Å². The zero-order chi connectivity index (χ0) is 24.5. The molecule has 182 valence electrons. The molecule has 1 N–H and O–H groups in total. The Balaban J connectivity index is 1.54. The molecule has 0 radical (unpaired) electrons. The van der Waals surface area contributed by atoms with Crippen molar-refractivity contribution in [2.45, 2.75) is 0 Å². The smallest absolute Gasteiger partial charge is 0.163 e. The van der Waals surface area contributed by atoms with Gasteiger partial charge in [-0.3, -0.25) is 0 Å². The molecule has 0 saturated carbocycles. The molecule has 0 unspecified atom stereocenters. The highest BCUT2D eigenvalue weighted by Gasteiger charge is 2.13. The van der Waals surface area contributed by atoms with Gasteiger partial charge in [0.1, 0.15) is 42.7 Å². The number of fused-ring (bicyclic) bond motifs is 1. The minimum Gasteiger partial charge on any atom is -0.487 e. The Bertz CT molecular complexity index is 1240. The van der Waals surface area contributed by atoms with Gasteiger partial charge in [-0.15, -0.1) is 0 Å². The molecule has 1 aromatic heterocycles. The number of anilines is 2. The van der Waals surface area contributed by atoms with Gasteiger partial charge in [-0.2, -0.15) is 0 Å². The second kappa shape index (κ2) is 12.0. The summed E-state index contributed by atoms with van der Waals surface area (Å²) in [7, 11) is 3.23. The van der Waals surface area contributed by atoms with Crippen LogP contribution in [-0.2, 0) is 9.47 Å². The van der Waals surface area contributed by atoms with Gasteiger partial charge in [0.25, 0.3) is 0 Å². The number of benzene rings is 3. The van der Waals surface area contributed by atoms with Crippen LogP contribution in [0.4, 0.5) is 15.9 Å². The van der Waals surface area contributed by atoms with E-state index in [1.807, 2.05) is 36.4 Å². The molecule has 0 spiro atoms. The zero-order valence-corrected chi connectivity index (χ0v) is 19.5. The highest BCUT2D eigenvalue weighted by atomic mass is 19.1. The van der Waals surface area contributed by atoms with E-state index in [0.29, 0.717) is 60.8 Å². The van der Waals surface area contributed by atoms with Crippen molar-refractivity contribution in [3.8, 4) is 23.0 Å². The lowest BCUT2D eigenvalue weighted by Gasteiger charge is -2.15. The summed E-state index contributed by atoms with van der Waals surface area (Å²) >= 11 is 0. The van der Waals surface area contributed by atoms with E-state index in [2.05, 4.69) is 15.3 Å². The van der Waals surface area contributed by atoms with E-state index in [4.69, 9.17) is 23.7 Å². The highest BCUT2D eigenvalue weighted by Crippen LogP contribution is 2.35. The van der Waals surface area contributed by atoms with Crippen LogP contribution in [0, 0.1) is 5.82 Å². The van der Waals surface area contributed by atoms with Crippen LogP contribution >= 0.6 is 0 Å². The number of aromatic nitrogens is 2. The van der Waals surface area contributed by atoms with E-state index < -0.39 is 0 Å². The van der Waals surface area contributed by atoms with Crippen molar-refractivity contribution in [1.82, 2.24) is 9.97 Å². The molecule has 0 amide bonds. The molecular weight excluding hydrogens is 453 g/mol. The molecule has 9 heteroatoms. The van der Waals surface area contributed by atoms with E-state index in [0.717, 1.165) is 11.1 Å². The highest BCUT2D eigenvalue weighted by molar-refractivity contribution is 5.93. The topological polar surface area (TPSA) is 84.0 Å². The average molecular weight is 480 g/mol. The van der Waals surface area contributed by atoms with Crippen molar-refractivity contribution >= 4 is 22.4 Å². The third-order valence-corrected chi connectivity index (χ3v) is 4.96. The lowest BCUT2D eigenvalue weighted by Crippen LogP contribution is -2.09. The Morgan fingerprint density at radius 3 is 1.97 bits per heavy atom. The fraction of sp³-hybridized carbons (Fsp3) is 0.231. The van der Waals surface area contributed by atoms with Crippen molar-refractivity contribution in [1.29, 1.82) is 0 Å². The van der Waals surface area contributed by atoms with Gasteiger partial charge < -0.3 is 29.0 Å². The standard InChI is InChI=1S/C26H26FN3O5/c1-31-11-13-33-24-15-22-23(16-25(24)34-14-12-32-2)28-17-29-26(22)30-19-5-9-21(10-6-19)35-20-7-3-18(27)4-8-20/h3-10,15-17H,11-14H2,1-2H3,(H,28,29,30). The molecule has 0 aliphatic heterocycles. The molecular formula is C26H26FN3O5. The van der Waals surface area contributed by atoms with Crippen LogP contribution < -0.4 is 19.5 Å². The number of methoxy groups -OCH3 is 2.